The molecular weight excluding hydrogens is 387 g/mol. The van der Waals surface area contributed by atoms with Crippen molar-refractivity contribution in [3.8, 4) is 0 Å². The molecule has 0 amide bonds. The number of benzene rings is 2. The van der Waals surface area contributed by atoms with Crippen LogP contribution in [-0.4, -0.2) is 30.0 Å². The zero-order valence-electron chi connectivity index (χ0n) is 11.6. The van der Waals surface area contributed by atoms with Crippen LogP contribution >= 0.6 is 39.9 Å². The van der Waals surface area contributed by atoms with Crippen LogP contribution in [0.1, 0.15) is 11.1 Å². The molecule has 2 aromatic rings. The van der Waals surface area contributed by atoms with E-state index in [1.54, 1.807) is 0 Å². The Balaban J connectivity index is 0.00000176. The molecule has 0 aromatic heterocycles. The number of halogens is 3. The zero-order valence-corrected chi connectivity index (χ0v) is 14.8. The molecule has 116 valence electrons. The van der Waals surface area contributed by atoms with Gasteiger partial charge in [0.15, 0.2) is 0 Å². The highest BCUT2D eigenvalue weighted by molar-refractivity contribution is 9.10. The average Bonchev–Trinajstić information content (AvgIpc) is 2.67. The van der Waals surface area contributed by atoms with Gasteiger partial charge in [0.1, 0.15) is 0 Å². The van der Waals surface area contributed by atoms with Gasteiger partial charge < -0.3 is 10.4 Å². The average molecular weight is 402 g/mol. The predicted molar refractivity (Wildman–Crippen MR) is 97.8 cm³/mol. The molecule has 2 N–H and O–H groups in total. The Kier molecular flexibility index (Phi) is 5.87. The molecule has 0 saturated heterocycles. The molecule has 22 heavy (non-hydrogen) atoms. The Hall–Kier alpha value is -1.07. The van der Waals surface area contributed by atoms with E-state index in [1.165, 1.54) is 0 Å². The van der Waals surface area contributed by atoms with E-state index in [1.807, 2.05) is 42.5 Å². The lowest BCUT2D eigenvalue weighted by molar-refractivity contribution is 0.277. The maximum Gasteiger partial charge on any atom is 0.0756 e. The molecule has 0 saturated carbocycles. The fraction of sp³-hybridized carbons (Fsp3) is 0.188. The fourth-order valence-electron chi connectivity index (χ4n) is 2.38. The molecule has 0 bridgehead atoms. The van der Waals surface area contributed by atoms with Crippen molar-refractivity contribution in [3.05, 3.63) is 63.1 Å². The quantitative estimate of drug-likeness (QED) is 0.793. The number of hydrogen-bond acceptors (Lipinski definition) is 3. The predicted octanol–water partition coefficient (Wildman–Crippen LogP) is 4.15. The molecule has 0 spiro atoms. The summed E-state index contributed by atoms with van der Waals surface area (Å²) in [7, 11) is 0. The lowest BCUT2D eigenvalue weighted by atomic mass is 10.0. The second-order valence-electron chi connectivity index (χ2n) is 4.88. The summed E-state index contributed by atoms with van der Waals surface area (Å²) >= 11 is 9.83. The number of aliphatic hydroxyl groups excluding tert-OH is 1. The van der Waals surface area contributed by atoms with E-state index in [-0.39, 0.29) is 25.1 Å². The van der Waals surface area contributed by atoms with Crippen LogP contribution in [0.25, 0.3) is 0 Å². The molecule has 1 unspecified atom stereocenters. The van der Waals surface area contributed by atoms with Crippen LogP contribution < -0.4 is 5.32 Å². The van der Waals surface area contributed by atoms with Gasteiger partial charge >= 0.3 is 0 Å². The van der Waals surface area contributed by atoms with Crippen LogP contribution in [0.4, 0.5) is 5.69 Å². The van der Waals surface area contributed by atoms with Gasteiger partial charge in [-0.25, -0.2) is 0 Å². The monoisotopic (exact) mass is 400 g/mol. The summed E-state index contributed by atoms with van der Waals surface area (Å²) in [6.45, 7) is 0.540. The molecule has 1 aliphatic heterocycles. The highest BCUT2D eigenvalue weighted by Crippen LogP contribution is 2.29. The number of benzodiazepines with no additional fused rings is 1. The van der Waals surface area contributed by atoms with Gasteiger partial charge in [0.25, 0.3) is 0 Å². The van der Waals surface area contributed by atoms with E-state index >= 15 is 0 Å². The Morgan fingerprint density at radius 3 is 2.73 bits per heavy atom. The Morgan fingerprint density at radius 1 is 1.23 bits per heavy atom. The van der Waals surface area contributed by atoms with Gasteiger partial charge in [-0.2, -0.15) is 0 Å². The lowest BCUT2D eigenvalue weighted by Gasteiger charge is -2.15. The first-order valence-electron chi connectivity index (χ1n) is 6.65. The number of nitrogens with one attached hydrogen (secondary N) is 1. The van der Waals surface area contributed by atoms with Gasteiger partial charge in [-0.1, -0.05) is 45.7 Å². The number of fused-ring (bicyclic) bond motifs is 1. The molecule has 1 heterocycles. The SMILES string of the molecule is Cl.OCC1CN=C(c2ccccc2Cl)c2cc(Br)ccc2N1. The van der Waals surface area contributed by atoms with Crippen molar-refractivity contribution in [2.45, 2.75) is 6.04 Å². The third-order valence-electron chi connectivity index (χ3n) is 3.42. The fourth-order valence-corrected chi connectivity index (χ4v) is 2.96. The minimum Gasteiger partial charge on any atom is -0.394 e. The number of hydrogen-bond donors (Lipinski definition) is 2. The van der Waals surface area contributed by atoms with Crippen molar-refractivity contribution in [2.75, 3.05) is 18.5 Å². The summed E-state index contributed by atoms with van der Waals surface area (Å²) in [5.41, 5.74) is 3.68. The van der Waals surface area contributed by atoms with Gasteiger partial charge in [0.05, 0.1) is 24.9 Å². The van der Waals surface area contributed by atoms with Gasteiger partial charge in [0, 0.05) is 26.3 Å². The van der Waals surface area contributed by atoms with Crippen LogP contribution in [0, 0.1) is 0 Å². The topological polar surface area (TPSA) is 44.6 Å². The molecule has 3 nitrogen and oxygen atoms in total. The zero-order chi connectivity index (χ0) is 14.8. The Bertz CT molecular complexity index is 706. The highest BCUT2D eigenvalue weighted by atomic mass is 79.9. The van der Waals surface area contributed by atoms with E-state index in [2.05, 4.69) is 26.2 Å². The first-order chi connectivity index (χ1) is 10.2. The third kappa shape index (κ3) is 3.46. The van der Waals surface area contributed by atoms with E-state index < -0.39 is 0 Å². The Labute approximate surface area is 149 Å². The molecule has 1 aliphatic rings. The van der Waals surface area contributed by atoms with Crippen LogP contribution in [0.3, 0.4) is 0 Å². The van der Waals surface area contributed by atoms with E-state index in [0.717, 1.165) is 27.0 Å². The molecule has 1 atom stereocenters. The molecule has 0 fully saturated rings. The molecular formula is C16H15BrCl2N2O. The second kappa shape index (κ2) is 7.47. The van der Waals surface area contributed by atoms with Crippen molar-refractivity contribution in [3.63, 3.8) is 0 Å². The lowest BCUT2D eigenvalue weighted by Crippen LogP contribution is -2.26. The molecule has 0 radical (unpaired) electrons. The first kappa shape index (κ1) is 17.3. The van der Waals surface area contributed by atoms with Crippen LogP contribution in [-0.2, 0) is 0 Å². The van der Waals surface area contributed by atoms with E-state index in [4.69, 9.17) is 11.6 Å². The molecule has 3 rings (SSSR count). The summed E-state index contributed by atoms with van der Waals surface area (Å²) in [5, 5.41) is 13.4. The van der Waals surface area contributed by atoms with Crippen molar-refractivity contribution >= 4 is 51.3 Å². The van der Waals surface area contributed by atoms with Crippen molar-refractivity contribution < 1.29 is 5.11 Å². The van der Waals surface area contributed by atoms with Gasteiger partial charge in [-0.3, -0.25) is 4.99 Å². The largest absolute Gasteiger partial charge is 0.394 e. The summed E-state index contributed by atoms with van der Waals surface area (Å²) in [6, 6.07) is 13.6. The van der Waals surface area contributed by atoms with Crippen molar-refractivity contribution in [1.29, 1.82) is 0 Å². The van der Waals surface area contributed by atoms with E-state index in [9.17, 15) is 5.11 Å². The third-order valence-corrected chi connectivity index (χ3v) is 4.24. The number of nitrogens with zero attached hydrogens (tertiary/aromatic N) is 1. The standard InChI is InChI=1S/C16H14BrClN2O.ClH/c17-10-5-6-15-13(7-10)16(19-8-11(9-21)20-15)12-3-1-2-4-14(12)18;/h1-7,11,20-21H,8-9H2;1H. The van der Waals surface area contributed by atoms with Gasteiger partial charge in [-0.15, -0.1) is 12.4 Å². The maximum absolute atomic E-state index is 9.44. The summed E-state index contributed by atoms with van der Waals surface area (Å²) < 4.78 is 0.977. The molecule has 2 aromatic carbocycles. The van der Waals surface area contributed by atoms with Crippen LogP contribution in [0.15, 0.2) is 51.9 Å². The molecule has 6 heteroatoms. The van der Waals surface area contributed by atoms with Crippen molar-refractivity contribution in [1.82, 2.24) is 0 Å². The molecule has 0 aliphatic carbocycles. The summed E-state index contributed by atoms with van der Waals surface area (Å²) in [5.74, 6) is 0. The number of aliphatic imine (C=N–C) groups is 1. The highest BCUT2D eigenvalue weighted by Gasteiger charge is 2.20. The van der Waals surface area contributed by atoms with Gasteiger partial charge in [-0.05, 0) is 24.3 Å². The number of rotatable bonds is 2. The maximum atomic E-state index is 9.44. The van der Waals surface area contributed by atoms with Crippen molar-refractivity contribution in [2.24, 2.45) is 4.99 Å². The first-order valence-corrected chi connectivity index (χ1v) is 7.83. The normalized spacial score (nSPS) is 16.7. The Morgan fingerprint density at radius 2 is 2.00 bits per heavy atom. The number of anilines is 1. The van der Waals surface area contributed by atoms with Gasteiger partial charge in [0.2, 0.25) is 0 Å². The minimum absolute atomic E-state index is 0. The van der Waals surface area contributed by atoms with Crippen LogP contribution in [0.2, 0.25) is 5.02 Å². The smallest absolute Gasteiger partial charge is 0.0756 e. The summed E-state index contributed by atoms with van der Waals surface area (Å²) in [6.07, 6.45) is 0. The van der Waals surface area contributed by atoms with Crippen LogP contribution in [0.5, 0.6) is 0 Å². The second-order valence-corrected chi connectivity index (χ2v) is 6.21. The van der Waals surface area contributed by atoms with E-state index in [0.29, 0.717) is 11.6 Å². The summed E-state index contributed by atoms with van der Waals surface area (Å²) in [4.78, 5) is 4.68. The minimum atomic E-state index is -0.0927. The number of aliphatic hydroxyl groups is 1.